The van der Waals surface area contributed by atoms with Crippen LogP contribution in [0.4, 0.5) is 10.7 Å². The summed E-state index contributed by atoms with van der Waals surface area (Å²) in [6.45, 7) is 2.14. The largest absolute Gasteiger partial charge is 0.481 e. The van der Waals surface area contributed by atoms with Gasteiger partial charge in [0.25, 0.3) is 0 Å². The van der Waals surface area contributed by atoms with Gasteiger partial charge in [-0.25, -0.2) is 4.98 Å². The van der Waals surface area contributed by atoms with E-state index in [1.165, 1.54) is 30.0 Å². The molecule has 0 aliphatic heterocycles. The minimum atomic E-state index is -0.00744. The van der Waals surface area contributed by atoms with E-state index in [-0.39, 0.29) is 5.78 Å². The SMILES string of the molecule is COc1ccc(CNc2sc(C(C)=O)c(N)c2SC)cn1. The molecule has 2 rings (SSSR count). The number of thioether (sulfide) groups is 1. The minimum Gasteiger partial charge on any atom is -0.481 e. The van der Waals surface area contributed by atoms with Gasteiger partial charge in [-0.2, -0.15) is 0 Å². The van der Waals surface area contributed by atoms with Gasteiger partial charge in [-0.15, -0.1) is 23.1 Å². The van der Waals surface area contributed by atoms with Gasteiger partial charge >= 0.3 is 0 Å². The van der Waals surface area contributed by atoms with E-state index in [1.807, 2.05) is 18.4 Å². The van der Waals surface area contributed by atoms with Crippen LogP contribution < -0.4 is 15.8 Å². The van der Waals surface area contributed by atoms with E-state index in [2.05, 4.69) is 10.3 Å². The van der Waals surface area contributed by atoms with Crippen molar-refractivity contribution in [3.63, 3.8) is 0 Å². The number of carbonyl (C=O) groups excluding carboxylic acids is 1. The van der Waals surface area contributed by atoms with E-state index in [4.69, 9.17) is 10.5 Å². The molecule has 5 nitrogen and oxygen atoms in total. The zero-order valence-corrected chi connectivity index (χ0v) is 13.7. The van der Waals surface area contributed by atoms with Crippen molar-refractivity contribution in [3.8, 4) is 5.88 Å². The maximum Gasteiger partial charge on any atom is 0.212 e. The number of nitrogens with zero attached hydrogens (tertiary/aromatic N) is 1. The van der Waals surface area contributed by atoms with Gasteiger partial charge in [0.2, 0.25) is 5.88 Å². The molecule has 0 bridgehead atoms. The molecule has 0 unspecified atom stereocenters. The number of ketones is 1. The van der Waals surface area contributed by atoms with Gasteiger partial charge in [0.1, 0.15) is 5.00 Å². The number of methoxy groups -OCH3 is 1. The molecule has 112 valence electrons. The molecule has 0 saturated carbocycles. The third-order valence-corrected chi connectivity index (χ3v) is 5.11. The van der Waals surface area contributed by atoms with Crippen LogP contribution in [0, 0.1) is 0 Å². The molecular formula is C14H17N3O2S2. The summed E-state index contributed by atoms with van der Waals surface area (Å²) in [6, 6.07) is 3.76. The fourth-order valence-electron chi connectivity index (χ4n) is 1.83. The van der Waals surface area contributed by atoms with Gasteiger partial charge in [0.05, 0.1) is 22.6 Å². The molecule has 21 heavy (non-hydrogen) atoms. The Balaban J connectivity index is 2.15. The number of hydrogen-bond donors (Lipinski definition) is 2. The van der Waals surface area contributed by atoms with E-state index in [1.54, 1.807) is 13.3 Å². The number of rotatable bonds is 6. The third-order valence-electron chi connectivity index (χ3n) is 2.88. The summed E-state index contributed by atoms with van der Waals surface area (Å²) in [5.74, 6) is 0.578. The molecule has 0 spiro atoms. The van der Waals surface area contributed by atoms with Crippen LogP contribution in [0.15, 0.2) is 23.2 Å². The second-order valence-electron chi connectivity index (χ2n) is 4.33. The number of nitrogens with one attached hydrogen (secondary N) is 1. The number of thiophene rings is 1. The fourth-order valence-corrected chi connectivity index (χ4v) is 3.75. The predicted octanol–water partition coefficient (Wildman–Crippen LogP) is 3.27. The second kappa shape index (κ2) is 6.82. The third kappa shape index (κ3) is 3.48. The van der Waals surface area contributed by atoms with Crippen molar-refractivity contribution >= 4 is 39.6 Å². The molecule has 0 fully saturated rings. The van der Waals surface area contributed by atoms with Gasteiger partial charge in [-0.1, -0.05) is 6.07 Å². The highest BCUT2D eigenvalue weighted by Gasteiger charge is 2.17. The summed E-state index contributed by atoms with van der Waals surface area (Å²) in [5.41, 5.74) is 7.61. The van der Waals surface area contributed by atoms with Crippen LogP contribution in [0.3, 0.4) is 0 Å². The first-order valence-corrected chi connectivity index (χ1v) is 8.31. The van der Waals surface area contributed by atoms with E-state index >= 15 is 0 Å². The minimum absolute atomic E-state index is 0.00744. The van der Waals surface area contributed by atoms with Crippen molar-refractivity contribution in [1.29, 1.82) is 0 Å². The average molecular weight is 323 g/mol. The molecule has 0 aliphatic carbocycles. The average Bonchev–Trinajstić information content (AvgIpc) is 2.81. The van der Waals surface area contributed by atoms with E-state index < -0.39 is 0 Å². The van der Waals surface area contributed by atoms with Crippen LogP contribution in [0.5, 0.6) is 5.88 Å². The number of nitrogens with two attached hydrogens (primary N) is 1. The molecule has 0 atom stereocenters. The topological polar surface area (TPSA) is 77.2 Å². The Hall–Kier alpha value is -1.73. The number of pyridine rings is 1. The molecule has 2 heterocycles. The van der Waals surface area contributed by atoms with Crippen LogP contribution in [0.25, 0.3) is 0 Å². The van der Waals surface area contributed by atoms with Crippen LogP contribution in [0.1, 0.15) is 22.2 Å². The first-order valence-electron chi connectivity index (χ1n) is 6.26. The first kappa shape index (κ1) is 15.7. The van der Waals surface area contributed by atoms with E-state index in [9.17, 15) is 4.79 Å². The van der Waals surface area contributed by atoms with Crippen molar-refractivity contribution in [2.24, 2.45) is 0 Å². The Kier molecular flexibility index (Phi) is 5.08. The first-order chi connectivity index (χ1) is 10.1. The molecule has 0 amide bonds. The number of ether oxygens (including phenoxy) is 1. The van der Waals surface area contributed by atoms with Crippen LogP contribution in [-0.2, 0) is 6.54 Å². The summed E-state index contributed by atoms with van der Waals surface area (Å²) < 4.78 is 5.03. The zero-order chi connectivity index (χ0) is 15.4. The number of anilines is 2. The standard InChI is InChI=1S/C14H17N3O2S2/c1-8(18)12-11(15)13(20-3)14(21-12)17-7-9-4-5-10(19-2)16-6-9/h4-6,17H,7,15H2,1-3H3. The Morgan fingerprint density at radius 2 is 2.29 bits per heavy atom. The van der Waals surface area contributed by atoms with Crippen molar-refractivity contribution in [3.05, 3.63) is 28.8 Å². The van der Waals surface area contributed by atoms with Gasteiger partial charge < -0.3 is 15.8 Å². The van der Waals surface area contributed by atoms with Crippen LogP contribution >= 0.6 is 23.1 Å². The molecule has 2 aromatic rings. The lowest BCUT2D eigenvalue weighted by Crippen LogP contribution is -2.00. The number of nitrogen functional groups attached to an aromatic ring is 1. The molecule has 7 heteroatoms. The monoisotopic (exact) mass is 323 g/mol. The van der Waals surface area contributed by atoms with Crippen molar-refractivity contribution in [2.75, 3.05) is 24.4 Å². The number of Topliss-reactive ketones (excluding diaryl/α,β-unsaturated/α-hetero) is 1. The molecule has 2 aromatic heterocycles. The highest BCUT2D eigenvalue weighted by atomic mass is 32.2. The summed E-state index contributed by atoms with van der Waals surface area (Å²) in [6.07, 6.45) is 3.70. The predicted molar refractivity (Wildman–Crippen MR) is 88.6 cm³/mol. The quantitative estimate of drug-likeness (QED) is 0.627. The highest BCUT2D eigenvalue weighted by molar-refractivity contribution is 7.99. The summed E-state index contributed by atoms with van der Waals surface area (Å²) in [4.78, 5) is 17.3. The van der Waals surface area contributed by atoms with Crippen molar-refractivity contribution in [1.82, 2.24) is 4.98 Å². The van der Waals surface area contributed by atoms with Crippen molar-refractivity contribution < 1.29 is 9.53 Å². The molecule has 0 aliphatic rings. The van der Waals surface area contributed by atoms with Crippen molar-refractivity contribution in [2.45, 2.75) is 18.4 Å². The molecule has 0 aromatic carbocycles. The molecule has 0 radical (unpaired) electrons. The zero-order valence-electron chi connectivity index (χ0n) is 12.1. The summed E-state index contributed by atoms with van der Waals surface area (Å²) in [5, 5.41) is 4.24. The lowest BCUT2D eigenvalue weighted by Gasteiger charge is -2.06. The molecule has 3 N–H and O–H groups in total. The molecular weight excluding hydrogens is 306 g/mol. The Bertz CT molecular complexity index is 638. The summed E-state index contributed by atoms with van der Waals surface area (Å²) in [7, 11) is 1.59. The smallest absolute Gasteiger partial charge is 0.212 e. The summed E-state index contributed by atoms with van der Waals surface area (Å²) >= 11 is 2.93. The van der Waals surface area contributed by atoms with Gasteiger partial charge in [0, 0.05) is 25.7 Å². The maximum atomic E-state index is 11.6. The second-order valence-corrected chi connectivity index (χ2v) is 6.16. The Morgan fingerprint density at radius 1 is 1.52 bits per heavy atom. The highest BCUT2D eigenvalue weighted by Crippen LogP contribution is 2.41. The maximum absolute atomic E-state index is 11.6. The normalized spacial score (nSPS) is 10.4. The van der Waals surface area contributed by atoms with E-state index in [0.717, 1.165) is 15.5 Å². The number of aromatic nitrogens is 1. The number of hydrogen-bond acceptors (Lipinski definition) is 7. The lowest BCUT2D eigenvalue weighted by atomic mass is 10.3. The van der Waals surface area contributed by atoms with Gasteiger partial charge in [-0.3, -0.25) is 4.79 Å². The Labute approximate surface area is 131 Å². The lowest BCUT2D eigenvalue weighted by molar-refractivity contribution is 0.102. The fraction of sp³-hybridized carbons (Fsp3) is 0.286. The van der Waals surface area contributed by atoms with E-state index in [0.29, 0.717) is 23.0 Å². The van der Waals surface area contributed by atoms with Crippen LogP contribution in [-0.4, -0.2) is 24.1 Å². The van der Waals surface area contributed by atoms with Gasteiger partial charge in [0.15, 0.2) is 5.78 Å². The van der Waals surface area contributed by atoms with Crippen LogP contribution in [0.2, 0.25) is 0 Å². The molecule has 0 saturated heterocycles. The van der Waals surface area contributed by atoms with Gasteiger partial charge in [-0.05, 0) is 11.8 Å². The Morgan fingerprint density at radius 3 is 2.81 bits per heavy atom. The number of carbonyl (C=O) groups is 1.